The monoisotopic (exact) mass is 400 g/mol. The Balaban J connectivity index is 1.77. The van der Waals surface area contributed by atoms with Gasteiger partial charge in [-0.15, -0.1) is 0 Å². The SMILES string of the molecule is CNCCCn1cc2c(C3C(=O)Nc4ccc(Br)cc43)ncnc2n1. The predicted octanol–water partition coefficient (Wildman–Crippen LogP) is 2.28. The Morgan fingerprint density at radius 3 is 3.08 bits per heavy atom. The largest absolute Gasteiger partial charge is 0.325 e. The lowest BCUT2D eigenvalue weighted by Gasteiger charge is -2.09. The molecule has 0 fully saturated rings. The lowest BCUT2D eigenvalue weighted by atomic mass is 9.95. The van der Waals surface area contributed by atoms with Crippen LogP contribution in [0.5, 0.6) is 0 Å². The van der Waals surface area contributed by atoms with Gasteiger partial charge in [-0.2, -0.15) is 5.10 Å². The second-order valence-corrected chi connectivity index (χ2v) is 6.91. The van der Waals surface area contributed by atoms with Crippen molar-refractivity contribution in [1.82, 2.24) is 25.1 Å². The Bertz CT molecular complexity index is 953. The van der Waals surface area contributed by atoms with E-state index in [1.54, 1.807) is 0 Å². The molecule has 0 radical (unpaired) electrons. The van der Waals surface area contributed by atoms with Gasteiger partial charge in [-0.05, 0) is 43.8 Å². The molecule has 0 spiro atoms. The molecule has 2 aromatic heterocycles. The second-order valence-electron chi connectivity index (χ2n) is 6.00. The lowest BCUT2D eigenvalue weighted by molar-refractivity contribution is -0.116. The molecule has 4 rings (SSSR count). The van der Waals surface area contributed by atoms with Crippen molar-refractivity contribution in [3.05, 3.63) is 46.5 Å². The van der Waals surface area contributed by atoms with E-state index in [1.807, 2.05) is 36.1 Å². The summed E-state index contributed by atoms with van der Waals surface area (Å²) in [7, 11) is 1.93. The fraction of sp³-hybridized carbons (Fsp3) is 0.294. The molecular weight excluding hydrogens is 384 g/mol. The minimum atomic E-state index is -0.451. The molecule has 0 saturated heterocycles. The van der Waals surface area contributed by atoms with Crippen molar-refractivity contribution in [3.8, 4) is 0 Å². The normalized spacial score (nSPS) is 16.2. The lowest BCUT2D eigenvalue weighted by Crippen LogP contribution is -2.14. The van der Waals surface area contributed by atoms with Crippen LogP contribution in [0.1, 0.15) is 23.6 Å². The van der Waals surface area contributed by atoms with Crippen LogP contribution >= 0.6 is 15.9 Å². The van der Waals surface area contributed by atoms with Crippen LogP contribution in [-0.2, 0) is 11.3 Å². The van der Waals surface area contributed by atoms with E-state index in [4.69, 9.17) is 0 Å². The van der Waals surface area contributed by atoms with Gasteiger partial charge in [0.25, 0.3) is 0 Å². The fourth-order valence-electron chi connectivity index (χ4n) is 3.17. The summed E-state index contributed by atoms with van der Waals surface area (Å²) in [5.41, 5.74) is 3.05. The molecule has 0 saturated carbocycles. The Labute approximate surface area is 153 Å². The van der Waals surface area contributed by atoms with Crippen LogP contribution in [0, 0.1) is 0 Å². The molecule has 1 atom stereocenters. The second kappa shape index (κ2) is 6.53. The molecule has 0 bridgehead atoms. The highest BCUT2D eigenvalue weighted by atomic mass is 79.9. The number of rotatable bonds is 5. The van der Waals surface area contributed by atoms with Crippen LogP contribution < -0.4 is 10.6 Å². The summed E-state index contributed by atoms with van der Waals surface area (Å²) < 4.78 is 2.80. The average Bonchev–Trinajstić information content (AvgIpc) is 3.14. The van der Waals surface area contributed by atoms with Gasteiger partial charge < -0.3 is 10.6 Å². The number of hydrogen-bond donors (Lipinski definition) is 2. The van der Waals surface area contributed by atoms with E-state index in [0.717, 1.165) is 40.6 Å². The molecule has 0 aliphatic carbocycles. The summed E-state index contributed by atoms with van der Waals surface area (Å²) in [6, 6.07) is 5.77. The van der Waals surface area contributed by atoms with Crippen molar-refractivity contribution in [1.29, 1.82) is 0 Å². The zero-order valence-electron chi connectivity index (χ0n) is 13.7. The number of amides is 1. The van der Waals surface area contributed by atoms with Gasteiger partial charge in [0.2, 0.25) is 5.91 Å². The van der Waals surface area contributed by atoms with Gasteiger partial charge in [-0.1, -0.05) is 15.9 Å². The predicted molar refractivity (Wildman–Crippen MR) is 98.5 cm³/mol. The number of nitrogens with one attached hydrogen (secondary N) is 2. The number of fused-ring (bicyclic) bond motifs is 2. The molecule has 1 unspecified atom stereocenters. The highest BCUT2D eigenvalue weighted by Crippen LogP contribution is 2.39. The summed E-state index contributed by atoms with van der Waals surface area (Å²) in [5, 5.41) is 11.4. The van der Waals surface area contributed by atoms with Crippen molar-refractivity contribution in [3.63, 3.8) is 0 Å². The Morgan fingerprint density at radius 1 is 1.36 bits per heavy atom. The molecule has 128 valence electrons. The zero-order chi connectivity index (χ0) is 17.4. The molecule has 25 heavy (non-hydrogen) atoms. The van der Waals surface area contributed by atoms with Gasteiger partial charge in [0.05, 0.1) is 11.1 Å². The van der Waals surface area contributed by atoms with Crippen LogP contribution in [0.3, 0.4) is 0 Å². The van der Waals surface area contributed by atoms with Crippen molar-refractivity contribution >= 4 is 38.6 Å². The number of hydrogen-bond acceptors (Lipinski definition) is 5. The van der Waals surface area contributed by atoms with E-state index in [2.05, 4.69) is 41.6 Å². The molecule has 3 aromatic rings. The summed E-state index contributed by atoms with van der Waals surface area (Å²) in [4.78, 5) is 21.3. The number of aromatic nitrogens is 4. The molecule has 2 N–H and O–H groups in total. The zero-order valence-corrected chi connectivity index (χ0v) is 15.2. The number of halogens is 1. The molecule has 3 heterocycles. The van der Waals surface area contributed by atoms with Crippen molar-refractivity contribution in [2.45, 2.75) is 18.9 Å². The Hall–Kier alpha value is -2.32. The number of nitrogens with zero attached hydrogens (tertiary/aromatic N) is 4. The van der Waals surface area contributed by atoms with Gasteiger partial charge in [0.1, 0.15) is 12.2 Å². The third-order valence-electron chi connectivity index (χ3n) is 4.33. The fourth-order valence-corrected chi connectivity index (χ4v) is 3.55. The number of benzene rings is 1. The maximum atomic E-state index is 12.6. The maximum Gasteiger partial charge on any atom is 0.238 e. The van der Waals surface area contributed by atoms with E-state index in [1.165, 1.54) is 6.33 Å². The standard InChI is InChI=1S/C17H17BrN6O/c1-19-5-2-6-24-8-12-15(20-9-21-16(12)23-24)14-11-7-10(18)3-4-13(11)22-17(14)25/h3-4,7-9,14,19H,2,5-6H2,1H3,(H,22,25). The van der Waals surface area contributed by atoms with E-state index < -0.39 is 5.92 Å². The van der Waals surface area contributed by atoms with E-state index in [-0.39, 0.29) is 5.91 Å². The van der Waals surface area contributed by atoms with Gasteiger partial charge in [-0.25, -0.2) is 9.97 Å². The summed E-state index contributed by atoms with van der Waals surface area (Å²) >= 11 is 3.48. The number of carbonyl (C=O) groups excluding carboxylic acids is 1. The van der Waals surface area contributed by atoms with E-state index in [9.17, 15) is 4.79 Å². The Morgan fingerprint density at radius 2 is 2.24 bits per heavy atom. The first-order valence-corrected chi connectivity index (χ1v) is 8.89. The number of anilines is 1. The van der Waals surface area contributed by atoms with Gasteiger partial charge in [0.15, 0.2) is 5.65 Å². The first kappa shape index (κ1) is 16.2. The molecule has 1 aromatic carbocycles. The molecule has 1 aliphatic heterocycles. The van der Waals surface area contributed by atoms with Crippen LogP contribution in [0.2, 0.25) is 0 Å². The summed E-state index contributed by atoms with van der Waals surface area (Å²) in [5.74, 6) is -0.524. The van der Waals surface area contributed by atoms with Gasteiger partial charge >= 0.3 is 0 Å². The third kappa shape index (κ3) is 2.91. The molecular formula is C17H17BrN6O. The van der Waals surface area contributed by atoms with Crippen LogP contribution in [0.4, 0.5) is 5.69 Å². The van der Waals surface area contributed by atoms with Crippen LogP contribution in [0.25, 0.3) is 11.0 Å². The van der Waals surface area contributed by atoms with Gasteiger partial charge in [-0.3, -0.25) is 9.48 Å². The minimum absolute atomic E-state index is 0.0731. The topological polar surface area (TPSA) is 84.7 Å². The van der Waals surface area contributed by atoms with Crippen molar-refractivity contribution in [2.24, 2.45) is 0 Å². The minimum Gasteiger partial charge on any atom is -0.325 e. The van der Waals surface area contributed by atoms with Crippen molar-refractivity contribution < 1.29 is 4.79 Å². The first-order valence-electron chi connectivity index (χ1n) is 8.10. The van der Waals surface area contributed by atoms with E-state index >= 15 is 0 Å². The molecule has 8 heteroatoms. The third-order valence-corrected chi connectivity index (χ3v) is 4.82. The molecule has 1 amide bonds. The van der Waals surface area contributed by atoms with Crippen LogP contribution in [0.15, 0.2) is 35.2 Å². The quantitative estimate of drug-likeness (QED) is 0.641. The highest BCUT2D eigenvalue weighted by molar-refractivity contribution is 9.10. The Kier molecular flexibility index (Phi) is 4.22. The molecule has 1 aliphatic rings. The first-order chi connectivity index (χ1) is 12.2. The van der Waals surface area contributed by atoms with E-state index in [0.29, 0.717) is 11.3 Å². The number of aryl methyl sites for hydroxylation is 1. The smallest absolute Gasteiger partial charge is 0.238 e. The van der Waals surface area contributed by atoms with Crippen molar-refractivity contribution in [2.75, 3.05) is 18.9 Å². The highest BCUT2D eigenvalue weighted by Gasteiger charge is 2.34. The van der Waals surface area contributed by atoms with Crippen LogP contribution in [-0.4, -0.2) is 39.2 Å². The summed E-state index contributed by atoms with van der Waals surface area (Å²) in [6.07, 6.45) is 4.38. The average molecular weight is 401 g/mol. The number of carbonyl (C=O) groups is 1. The molecule has 7 nitrogen and oxygen atoms in total. The summed E-state index contributed by atoms with van der Waals surface area (Å²) in [6.45, 7) is 1.71. The van der Waals surface area contributed by atoms with Gasteiger partial charge in [0, 0.05) is 22.9 Å². The maximum absolute atomic E-state index is 12.6.